The van der Waals surface area contributed by atoms with Gasteiger partial charge in [0.25, 0.3) is 5.91 Å². The summed E-state index contributed by atoms with van der Waals surface area (Å²) >= 11 is 0. The predicted molar refractivity (Wildman–Crippen MR) is 99.4 cm³/mol. The van der Waals surface area contributed by atoms with Gasteiger partial charge >= 0.3 is 6.09 Å². The molecular weight excluding hydrogens is 350 g/mol. The third kappa shape index (κ3) is 6.80. The Bertz CT molecular complexity index is 691. The third-order valence-electron chi connectivity index (χ3n) is 4.07. The summed E-state index contributed by atoms with van der Waals surface area (Å²) < 4.78 is 5.10. The van der Waals surface area contributed by atoms with E-state index in [1.807, 2.05) is 0 Å². The molecule has 0 aromatic heterocycles. The second-order valence-corrected chi connectivity index (χ2v) is 7.53. The summed E-state index contributed by atoms with van der Waals surface area (Å²) in [6, 6.07) is 6.13. The number of carbonyl (C=O) groups excluding carboxylic acids is 3. The van der Waals surface area contributed by atoms with Crippen molar-refractivity contribution < 1.29 is 24.2 Å². The number of benzene rings is 1. The van der Waals surface area contributed by atoms with Gasteiger partial charge in [0.2, 0.25) is 5.91 Å². The summed E-state index contributed by atoms with van der Waals surface area (Å²) in [5.74, 6) is -0.388. The fourth-order valence-corrected chi connectivity index (χ4v) is 2.76. The van der Waals surface area contributed by atoms with Crippen molar-refractivity contribution in [3.63, 3.8) is 0 Å². The zero-order chi connectivity index (χ0) is 20.0. The van der Waals surface area contributed by atoms with Crippen LogP contribution >= 0.6 is 0 Å². The summed E-state index contributed by atoms with van der Waals surface area (Å²) in [5.41, 5.74) is -0.214. The highest BCUT2D eigenvalue weighted by Crippen LogP contribution is 2.14. The third-order valence-corrected chi connectivity index (χ3v) is 4.07. The van der Waals surface area contributed by atoms with Crippen molar-refractivity contribution in [3.8, 4) is 5.75 Å². The van der Waals surface area contributed by atoms with Crippen molar-refractivity contribution >= 4 is 17.9 Å². The van der Waals surface area contributed by atoms with Gasteiger partial charge in [0.15, 0.2) is 0 Å². The van der Waals surface area contributed by atoms with Crippen LogP contribution in [0.5, 0.6) is 5.75 Å². The Balaban J connectivity index is 1.74. The van der Waals surface area contributed by atoms with Gasteiger partial charge in [-0.2, -0.15) is 0 Å². The van der Waals surface area contributed by atoms with E-state index in [1.54, 1.807) is 37.8 Å². The van der Waals surface area contributed by atoms with Gasteiger partial charge in [-0.15, -0.1) is 0 Å². The lowest BCUT2D eigenvalue weighted by atomic mass is 10.0. The molecule has 0 atom stereocenters. The minimum Gasteiger partial charge on any atom is -0.508 e. The van der Waals surface area contributed by atoms with Crippen LogP contribution in [-0.2, 0) is 9.53 Å². The molecule has 1 aliphatic rings. The van der Waals surface area contributed by atoms with Crippen molar-refractivity contribution in [3.05, 3.63) is 29.8 Å². The average Bonchev–Trinajstić information content (AvgIpc) is 2.59. The first-order valence-electron chi connectivity index (χ1n) is 8.98. The van der Waals surface area contributed by atoms with Crippen LogP contribution in [0.3, 0.4) is 0 Å². The minimum atomic E-state index is -0.621. The monoisotopic (exact) mass is 377 g/mol. The van der Waals surface area contributed by atoms with E-state index in [0.29, 0.717) is 31.5 Å². The number of nitrogens with one attached hydrogen (secondary N) is 2. The number of aromatic hydroxyl groups is 1. The smallest absolute Gasteiger partial charge is 0.408 e. The van der Waals surface area contributed by atoms with E-state index in [-0.39, 0.29) is 30.2 Å². The minimum absolute atomic E-state index is 0.0392. The number of amides is 3. The molecule has 0 radical (unpaired) electrons. The molecule has 3 N–H and O–H groups in total. The second kappa shape index (κ2) is 8.75. The predicted octanol–water partition coefficient (Wildman–Crippen LogP) is 1.64. The fraction of sp³-hybridized carbons (Fsp3) is 0.526. The zero-order valence-corrected chi connectivity index (χ0v) is 15.9. The molecule has 148 valence electrons. The lowest BCUT2D eigenvalue weighted by molar-refractivity contribution is -0.131. The van der Waals surface area contributed by atoms with E-state index < -0.39 is 11.7 Å². The van der Waals surface area contributed by atoms with Crippen molar-refractivity contribution in [1.29, 1.82) is 0 Å². The second-order valence-electron chi connectivity index (χ2n) is 7.53. The van der Waals surface area contributed by atoms with Crippen molar-refractivity contribution in [2.75, 3.05) is 19.6 Å². The van der Waals surface area contributed by atoms with Gasteiger partial charge in [0.05, 0.1) is 0 Å². The Morgan fingerprint density at radius 1 is 1.22 bits per heavy atom. The van der Waals surface area contributed by atoms with Crippen LogP contribution in [0.4, 0.5) is 4.79 Å². The van der Waals surface area contributed by atoms with Crippen molar-refractivity contribution in [2.45, 2.75) is 45.3 Å². The number of rotatable bonds is 4. The molecule has 0 unspecified atom stereocenters. The largest absolute Gasteiger partial charge is 0.508 e. The van der Waals surface area contributed by atoms with E-state index in [9.17, 15) is 19.5 Å². The molecule has 1 aromatic rings. The highest BCUT2D eigenvalue weighted by Gasteiger charge is 2.25. The maximum atomic E-state index is 12.2. The molecule has 8 heteroatoms. The van der Waals surface area contributed by atoms with Crippen LogP contribution in [0.1, 0.15) is 44.0 Å². The molecule has 1 heterocycles. The molecule has 8 nitrogen and oxygen atoms in total. The SMILES string of the molecule is CC(C)(C)OC(=O)NCC(=O)N1CCC(NC(=O)c2cccc(O)c2)CC1. The number of carbonyl (C=O) groups is 3. The van der Waals surface area contributed by atoms with Gasteiger partial charge in [-0.1, -0.05) is 6.07 Å². The van der Waals surface area contributed by atoms with Gasteiger partial charge in [-0.3, -0.25) is 9.59 Å². The van der Waals surface area contributed by atoms with Crippen molar-refractivity contribution in [2.24, 2.45) is 0 Å². The Morgan fingerprint density at radius 2 is 1.89 bits per heavy atom. The van der Waals surface area contributed by atoms with Gasteiger partial charge in [-0.25, -0.2) is 4.79 Å². The van der Waals surface area contributed by atoms with E-state index in [1.165, 1.54) is 12.1 Å². The molecule has 0 saturated carbocycles. The molecule has 1 fully saturated rings. The number of phenols is 1. The molecule has 3 amide bonds. The van der Waals surface area contributed by atoms with Crippen LogP contribution < -0.4 is 10.6 Å². The maximum absolute atomic E-state index is 12.2. The molecule has 1 saturated heterocycles. The fourth-order valence-electron chi connectivity index (χ4n) is 2.76. The highest BCUT2D eigenvalue weighted by atomic mass is 16.6. The molecule has 0 spiro atoms. The van der Waals surface area contributed by atoms with Gasteiger partial charge < -0.3 is 25.4 Å². The average molecular weight is 377 g/mol. The molecule has 0 aliphatic carbocycles. The Labute approximate surface area is 158 Å². The summed E-state index contributed by atoms with van der Waals surface area (Å²) in [6.07, 6.45) is 0.634. The maximum Gasteiger partial charge on any atom is 0.408 e. The summed E-state index contributed by atoms with van der Waals surface area (Å²) in [6.45, 7) is 6.15. The number of hydrogen-bond donors (Lipinski definition) is 3. The number of ether oxygens (including phenoxy) is 1. The van der Waals surface area contributed by atoms with Crippen LogP contribution in [-0.4, -0.2) is 59.2 Å². The van der Waals surface area contributed by atoms with Gasteiger partial charge in [-0.05, 0) is 51.8 Å². The van der Waals surface area contributed by atoms with Gasteiger partial charge in [0, 0.05) is 24.7 Å². The first kappa shape index (κ1) is 20.5. The molecule has 1 aromatic carbocycles. The van der Waals surface area contributed by atoms with Crippen LogP contribution in [0.25, 0.3) is 0 Å². The molecule has 1 aliphatic heterocycles. The molecular formula is C19H27N3O5. The number of alkyl carbamates (subject to hydrolysis) is 1. The lowest BCUT2D eigenvalue weighted by Gasteiger charge is -2.32. The van der Waals surface area contributed by atoms with Gasteiger partial charge in [0.1, 0.15) is 17.9 Å². The molecule has 0 bridgehead atoms. The summed E-state index contributed by atoms with van der Waals surface area (Å²) in [5, 5.41) is 14.8. The first-order chi connectivity index (χ1) is 12.6. The Kier molecular flexibility index (Phi) is 6.65. The quantitative estimate of drug-likeness (QED) is 0.739. The highest BCUT2D eigenvalue weighted by molar-refractivity contribution is 5.94. The van der Waals surface area contributed by atoms with Crippen LogP contribution in [0.2, 0.25) is 0 Å². The normalized spacial score (nSPS) is 15.1. The topological polar surface area (TPSA) is 108 Å². The molecule has 2 rings (SSSR count). The van der Waals surface area contributed by atoms with Crippen molar-refractivity contribution in [1.82, 2.24) is 15.5 Å². The summed E-state index contributed by atoms with van der Waals surface area (Å²) in [4.78, 5) is 37.7. The molecule has 27 heavy (non-hydrogen) atoms. The number of hydrogen-bond acceptors (Lipinski definition) is 5. The number of piperidine rings is 1. The van der Waals surface area contributed by atoms with Crippen LogP contribution in [0.15, 0.2) is 24.3 Å². The number of phenolic OH excluding ortho intramolecular Hbond substituents is 1. The standard InChI is InChI=1S/C19H27N3O5/c1-19(2,3)27-18(26)20-12-16(24)22-9-7-14(8-10-22)21-17(25)13-5-4-6-15(23)11-13/h4-6,11,14,23H,7-10,12H2,1-3H3,(H,20,26)(H,21,25). The zero-order valence-electron chi connectivity index (χ0n) is 15.9. The van der Waals surface area contributed by atoms with E-state index in [4.69, 9.17) is 4.74 Å². The first-order valence-corrected chi connectivity index (χ1v) is 8.98. The Hall–Kier alpha value is -2.77. The lowest BCUT2D eigenvalue weighted by Crippen LogP contribution is -2.49. The van der Waals surface area contributed by atoms with E-state index in [0.717, 1.165) is 0 Å². The number of likely N-dealkylation sites (tertiary alicyclic amines) is 1. The van der Waals surface area contributed by atoms with E-state index in [2.05, 4.69) is 10.6 Å². The van der Waals surface area contributed by atoms with Crippen LogP contribution in [0, 0.1) is 0 Å². The Morgan fingerprint density at radius 3 is 2.48 bits per heavy atom. The number of nitrogens with zero attached hydrogens (tertiary/aromatic N) is 1. The summed E-state index contributed by atoms with van der Waals surface area (Å²) in [7, 11) is 0. The van der Waals surface area contributed by atoms with E-state index >= 15 is 0 Å².